The third-order valence-electron chi connectivity index (χ3n) is 6.39. The molecule has 1 amide bonds. The van der Waals surface area contributed by atoms with Crippen LogP contribution in [0.4, 0.5) is 4.39 Å². The van der Waals surface area contributed by atoms with Gasteiger partial charge in [-0.2, -0.15) is 5.10 Å². The van der Waals surface area contributed by atoms with Gasteiger partial charge in [-0.05, 0) is 43.3 Å². The molecule has 2 aromatic carbocycles. The van der Waals surface area contributed by atoms with Crippen molar-refractivity contribution >= 4 is 34.9 Å². The van der Waals surface area contributed by atoms with Gasteiger partial charge in [0, 0.05) is 35.6 Å². The van der Waals surface area contributed by atoms with Crippen LogP contribution in [-0.2, 0) is 24.1 Å². The van der Waals surface area contributed by atoms with Crippen molar-refractivity contribution in [2.45, 2.75) is 25.3 Å². The third kappa shape index (κ3) is 4.94. The number of nitrogens with zero attached hydrogens (tertiary/aromatic N) is 4. The van der Waals surface area contributed by atoms with Crippen molar-refractivity contribution in [3.63, 3.8) is 0 Å². The number of fused-ring (bicyclic) bond motifs is 1. The smallest absolute Gasteiger partial charge is 0.257 e. The number of aliphatic hydroxyl groups excluding tert-OH is 1. The van der Waals surface area contributed by atoms with Crippen LogP contribution in [0.15, 0.2) is 67.1 Å². The summed E-state index contributed by atoms with van der Waals surface area (Å²) in [5, 5.41) is 15.0. The van der Waals surface area contributed by atoms with E-state index in [2.05, 4.69) is 10.1 Å². The van der Waals surface area contributed by atoms with Gasteiger partial charge in [0.2, 0.25) is 0 Å². The van der Waals surface area contributed by atoms with Gasteiger partial charge in [-0.15, -0.1) is 0 Å². The molecule has 5 rings (SSSR count). The van der Waals surface area contributed by atoms with Crippen molar-refractivity contribution in [3.05, 3.63) is 116 Å². The number of amides is 1. The lowest BCUT2D eigenvalue weighted by molar-refractivity contribution is -0.132. The van der Waals surface area contributed by atoms with Crippen LogP contribution in [0.2, 0.25) is 10.0 Å². The van der Waals surface area contributed by atoms with Crippen LogP contribution in [0.25, 0.3) is 0 Å². The molecule has 0 saturated heterocycles. The fourth-order valence-corrected chi connectivity index (χ4v) is 4.91. The maximum absolute atomic E-state index is 16.2. The Labute approximate surface area is 233 Å². The van der Waals surface area contributed by atoms with Crippen LogP contribution in [0, 0.1) is 5.82 Å². The second kappa shape index (κ2) is 10.5. The van der Waals surface area contributed by atoms with Crippen molar-refractivity contribution in [2.24, 2.45) is 7.05 Å². The quantitative estimate of drug-likeness (QED) is 0.308. The topological polar surface area (TPSA) is 97.5 Å². The Bertz CT molecular complexity index is 1560. The average Bonchev–Trinajstić information content (AvgIpc) is 3.44. The number of ketones is 1. The Balaban J connectivity index is 1.72. The highest BCUT2D eigenvalue weighted by Crippen LogP contribution is 2.48. The maximum atomic E-state index is 16.2. The van der Waals surface area contributed by atoms with Gasteiger partial charge in [0.05, 0.1) is 52.9 Å². The highest BCUT2D eigenvalue weighted by atomic mass is 35.5. The van der Waals surface area contributed by atoms with E-state index in [1.807, 2.05) is 0 Å². The summed E-state index contributed by atoms with van der Waals surface area (Å²) in [6.07, 6.45) is 3.39. The van der Waals surface area contributed by atoms with Crippen LogP contribution < -0.4 is 0 Å². The summed E-state index contributed by atoms with van der Waals surface area (Å²) < 4.78 is 23.9. The predicted octanol–water partition coefficient (Wildman–Crippen LogP) is 4.75. The number of pyridine rings is 1. The second-order valence-electron chi connectivity index (χ2n) is 9.28. The summed E-state index contributed by atoms with van der Waals surface area (Å²) in [5.74, 6) is -1.89. The normalized spacial score (nSPS) is 17.4. The van der Waals surface area contributed by atoms with E-state index in [1.54, 1.807) is 43.4 Å². The van der Waals surface area contributed by atoms with E-state index in [1.165, 1.54) is 41.2 Å². The monoisotopic (exact) mass is 568 g/mol. The first-order valence-corrected chi connectivity index (χ1v) is 12.7. The van der Waals surface area contributed by atoms with Gasteiger partial charge in [-0.3, -0.25) is 24.2 Å². The number of aliphatic hydroxyl groups is 1. The number of aryl methyl sites for hydroxylation is 1. The number of aromatic nitrogens is 3. The molecule has 0 fully saturated rings. The molecule has 2 unspecified atom stereocenters. The maximum Gasteiger partial charge on any atom is 0.257 e. The van der Waals surface area contributed by atoms with E-state index >= 15 is 4.39 Å². The summed E-state index contributed by atoms with van der Waals surface area (Å²) in [6.45, 7) is 1.21. The van der Waals surface area contributed by atoms with Gasteiger partial charge >= 0.3 is 0 Å². The minimum Gasteiger partial charge on any atom is -0.391 e. The van der Waals surface area contributed by atoms with Crippen molar-refractivity contribution < 1.29 is 23.8 Å². The lowest BCUT2D eigenvalue weighted by Gasteiger charge is -2.39. The van der Waals surface area contributed by atoms with Crippen LogP contribution in [0.5, 0.6) is 0 Å². The molecule has 3 heterocycles. The lowest BCUT2D eigenvalue weighted by Crippen LogP contribution is -2.48. The molecule has 39 heavy (non-hydrogen) atoms. The van der Waals surface area contributed by atoms with E-state index in [4.69, 9.17) is 27.9 Å². The van der Waals surface area contributed by atoms with Gasteiger partial charge in [0.1, 0.15) is 5.82 Å². The molecule has 1 aliphatic rings. The highest BCUT2D eigenvalue weighted by molar-refractivity contribution is 6.30. The van der Waals surface area contributed by atoms with Crippen molar-refractivity contribution in [1.82, 2.24) is 19.7 Å². The molecule has 0 radical (unpaired) electrons. The molecule has 0 spiro atoms. The van der Waals surface area contributed by atoms with Crippen molar-refractivity contribution in [2.75, 3.05) is 6.61 Å². The predicted molar refractivity (Wildman–Crippen MR) is 142 cm³/mol. The molecule has 0 aliphatic carbocycles. The molecule has 0 saturated carbocycles. The molecular weight excluding hydrogens is 546 g/mol. The number of carbonyl (C=O) groups is 2. The molecule has 0 bridgehead atoms. The van der Waals surface area contributed by atoms with Crippen molar-refractivity contribution in [1.29, 1.82) is 0 Å². The summed E-state index contributed by atoms with van der Waals surface area (Å²) >= 11 is 12.2. The van der Waals surface area contributed by atoms with E-state index in [9.17, 15) is 14.7 Å². The molecule has 2 atom stereocenters. The number of hydrogen-bond donors (Lipinski definition) is 1. The van der Waals surface area contributed by atoms with Gasteiger partial charge in [0.25, 0.3) is 5.91 Å². The average molecular weight is 569 g/mol. The number of hydrogen-bond acceptors (Lipinski definition) is 6. The van der Waals surface area contributed by atoms with Gasteiger partial charge in [-0.25, -0.2) is 4.39 Å². The summed E-state index contributed by atoms with van der Waals surface area (Å²) in [5.41, 5.74) is -0.817. The minimum atomic E-state index is -1.80. The Hall–Kier alpha value is -3.63. The van der Waals surface area contributed by atoms with Crippen LogP contribution in [-0.4, -0.2) is 49.2 Å². The number of carbonyl (C=O) groups excluding carboxylic acids is 2. The first-order valence-electron chi connectivity index (χ1n) is 12.0. The largest absolute Gasteiger partial charge is 0.391 e. The van der Waals surface area contributed by atoms with E-state index in [0.717, 1.165) is 6.07 Å². The Kier molecular flexibility index (Phi) is 7.26. The van der Waals surface area contributed by atoms with E-state index in [0.29, 0.717) is 21.3 Å². The molecule has 2 aromatic heterocycles. The fourth-order valence-electron chi connectivity index (χ4n) is 4.68. The third-order valence-corrected chi connectivity index (χ3v) is 6.87. The zero-order valence-electron chi connectivity index (χ0n) is 20.9. The fraction of sp³-hybridized carbons (Fsp3) is 0.214. The number of rotatable bonds is 8. The van der Waals surface area contributed by atoms with Crippen LogP contribution in [0.3, 0.4) is 0 Å². The number of benzene rings is 2. The number of halogens is 3. The Morgan fingerprint density at radius 3 is 2.44 bits per heavy atom. The minimum absolute atomic E-state index is 0.0143. The molecule has 8 nitrogen and oxygen atoms in total. The lowest BCUT2D eigenvalue weighted by atomic mass is 9.90. The highest BCUT2D eigenvalue weighted by Gasteiger charge is 2.54. The van der Waals surface area contributed by atoms with E-state index in [-0.39, 0.29) is 35.4 Å². The summed E-state index contributed by atoms with van der Waals surface area (Å²) in [6, 6.07) is 12.2. The summed E-state index contributed by atoms with van der Waals surface area (Å²) in [4.78, 5) is 32.8. The zero-order valence-corrected chi connectivity index (χ0v) is 22.4. The Morgan fingerprint density at radius 1 is 1.10 bits per heavy atom. The van der Waals surface area contributed by atoms with E-state index < -0.39 is 29.3 Å². The van der Waals surface area contributed by atoms with Crippen LogP contribution >= 0.6 is 23.2 Å². The summed E-state index contributed by atoms with van der Waals surface area (Å²) in [7, 11) is 1.66. The standard InChI is InChI=1S/C28H23Cl2FN4O4/c1-16(36)15-39-28(19-3-5-20(29)6-4-19)25-23(27(38)35(28)14-22-8-7-21(30)12-32-22)9-17(10-24(25)31)26(37)18-11-33-34(2)13-18/h3-13,16,36H,14-15H2,1-2H3. The molecule has 4 aromatic rings. The molecule has 11 heteroatoms. The molecular formula is C28H23Cl2FN4O4. The zero-order chi connectivity index (χ0) is 27.9. The van der Waals surface area contributed by atoms with Crippen LogP contribution in [0.1, 0.15) is 50.0 Å². The number of ether oxygens (including phenoxy) is 1. The van der Waals surface area contributed by atoms with Gasteiger partial charge < -0.3 is 9.84 Å². The molecule has 1 N–H and O–H groups in total. The first-order chi connectivity index (χ1) is 18.6. The van der Waals surface area contributed by atoms with Gasteiger partial charge in [-0.1, -0.05) is 35.3 Å². The molecule has 1 aliphatic heterocycles. The van der Waals surface area contributed by atoms with Gasteiger partial charge in [0.15, 0.2) is 11.5 Å². The molecule has 200 valence electrons. The SMILES string of the molecule is CC(O)COC1(c2ccc(Cl)cc2)c2c(F)cc(C(=O)c3cnn(C)c3)cc2C(=O)N1Cc1ccc(Cl)cn1. The first kappa shape index (κ1) is 27.0. The van der Waals surface area contributed by atoms with Crippen molar-refractivity contribution in [3.8, 4) is 0 Å². The second-order valence-corrected chi connectivity index (χ2v) is 10.2. The Morgan fingerprint density at radius 2 is 1.82 bits per heavy atom.